The first-order valence-corrected chi connectivity index (χ1v) is 7.27. The Balaban J connectivity index is 2.00. The summed E-state index contributed by atoms with van der Waals surface area (Å²) < 4.78 is 12.3. The van der Waals surface area contributed by atoms with Crippen LogP contribution in [0.15, 0.2) is 12.1 Å². The molecule has 1 saturated heterocycles. The summed E-state index contributed by atoms with van der Waals surface area (Å²) in [5.74, 6) is 0.563. The first-order valence-electron chi connectivity index (χ1n) is 7.27. The molecule has 4 nitrogen and oxygen atoms in total. The highest BCUT2D eigenvalue weighted by molar-refractivity contribution is 6.62. The lowest BCUT2D eigenvalue weighted by Crippen LogP contribution is -2.41. The maximum absolute atomic E-state index is 6.15. The third-order valence-corrected chi connectivity index (χ3v) is 5.03. The van der Waals surface area contributed by atoms with Crippen molar-refractivity contribution >= 4 is 18.4 Å². The quantitative estimate of drug-likeness (QED) is 0.838. The maximum Gasteiger partial charge on any atom is 0.496 e. The van der Waals surface area contributed by atoms with Crippen LogP contribution in [0.2, 0.25) is 0 Å². The second-order valence-corrected chi connectivity index (χ2v) is 7.32. The normalized spacial score (nSPS) is 25.8. The standard InChI is InChI=1S/C15H23BN2O2/c1-13(2)14(3,4)20-16(19-13)10-6-7-11(17)18-12(10)15(5)8-9-15/h6-7H,8-9H2,1-5H3,(H2,17,18). The van der Waals surface area contributed by atoms with E-state index in [1.807, 2.05) is 12.1 Å². The van der Waals surface area contributed by atoms with E-state index in [1.54, 1.807) is 0 Å². The molecule has 108 valence electrons. The summed E-state index contributed by atoms with van der Waals surface area (Å²) in [5.41, 5.74) is 7.40. The average molecular weight is 274 g/mol. The number of nitrogens with two attached hydrogens (primary N) is 1. The van der Waals surface area contributed by atoms with Crippen molar-refractivity contribution in [2.45, 2.75) is 64.1 Å². The number of pyridine rings is 1. The number of anilines is 1. The number of nitrogens with zero attached hydrogens (tertiary/aromatic N) is 1. The molecule has 0 bridgehead atoms. The van der Waals surface area contributed by atoms with Crippen LogP contribution in [0.3, 0.4) is 0 Å². The van der Waals surface area contributed by atoms with E-state index in [0.29, 0.717) is 5.82 Å². The third-order valence-electron chi connectivity index (χ3n) is 5.03. The van der Waals surface area contributed by atoms with E-state index in [1.165, 1.54) is 0 Å². The zero-order chi connectivity index (χ0) is 14.8. The molecular formula is C15H23BN2O2. The van der Waals surface area contributed by atoms with Gasteiger partial charge in [-0.2, -0.15) is 0 Å². The minimum absolute atomic E-state index is 0.133. The van der Waals surface area contributed by atoms with Gasteiger partial charge >= 0.3 is 7.12 Å². The van der Waals surface area contributed by atoms with Crippen LogP contribution in [0.5, 0.6) is 0 Å². The van der Waals surface area contributed by atoms with Gasteiger partial charge in [-0.25, -0.2) is 4.98 Å². The Labute approximate surface area is 121 Å². The van der Waals surface area contributed by atoms with Crippen molar-refractivity contribution in [3.8, 4) is 0 Å². The molecule has 0 unspecified atom stereocenters. The van der Waals surface area contributed by atoms with E-state index in [9.17, 15) is 0 Å². The molecule has 3 rings (SSSR count). The van der Waals surface area contributed by atoms with Gasteiger partial charge in [0.05, 0.1) is 11.2 Å². The summed E-state index contributed by atoms with van der Waals surface area (Å²) in [6.07, 6.45) is 2.30. The Morgan fingerprint density at radius 3 is 2.10 bits per heavy atom. The summed E-state index contributed by atoms with van der Waals surface area (Å²) >= 11 is 0. The van der Waals surface area contributed by atoms with Gasteiger partial charge in [0.25, 0.3) is 0 Å². The van der Waals surface area contributed by atoms with Crippen molar-refractivity contribution in [3.05, 3.63) is 17.8 Å². The van der Waals surface area contributed by atoms with Gasteiger partial charge in [-0.15, -0.1) is 0 Å². The molecule has 0 amide bonds. The van der Waals surface area contributed by atoms with Gasteiger partial charge in [-0.1, -0.05) is 13.0 Å². The molecular weight excluding hydrogens is 251 g/mol. The Morgan fingerprint density at radius 1 is 1.05 bits per heavy atom. The lowest BCUT2D eigenvalue weighted by molar-refractivity contribution is 0.00578. The van der Waals surface area contributed by atoms with Crippen molar-refractivity contribution in [3.63, 3.8) is 0 Å². The largest absolute Gasteiger partial charge is 0.496 e. The monoisotopic (exact) mass is 274 g/mol. The highest BCUT2D eigenvalue weighted by Gasteiger charge is 2.54. The fourth-order valence-electron chi connectivity index (χ4n) is 2.55. The van der Waals surface area contributed by atoms with Crippen molar-refractivity contribution in [1.82, 2.24) is 4.98 Å². The van der Waals surface area contributed by atoms with E-state index in [0.717, 1.165) is 24.0 Å². The van der Waals surface area contributed by atoms with Gasteiger partial charge in [0.15, 0.2) is 0 Å². The van der Waals surface area contributed by atoms with Crippen LogP contribution in [-0.2, 0) is 14.7 Å². The van der Waals surface area contributed by atoms with Crippen LogP contribution in [0.4, 0.5) is 5.82 Å². The van der Waals surface area contributed by atoms with E-state index >= 15 is 0 Å². The predicted molar refractivity (Wildman–Crippen MR) is 81.0 cm³/mol. The number of hydrogen-bond donors (Lipinski definition) is 1. The van der Waals surface area contributed by atoms with Crippen molar-refractivity contribution in [1.29, 1.82) is 0 Å². The molecule has 1 saturated carbocycles. The Hall–Kier alpha value is -1.07. The van der Waals surface area contributed by atoms with Gasteiger partial charge < -0.3 is 15.0 Å². The molecule has 1 aromatic heterocycles. The first-order chi connectivity index (χ1) is 9.15. The van der Waals surface area contributed by atoms with Gasteiger partial charge in [-0.05, 0) is 46.6 Å². The molecule has 5 heteroatoms. The number of hydrogen-bond acceptors (Lipinski definition) is 4. The average Bonchev–Trinajstić information content (AvgIpc) is 3.02. The molecule has 0 spiro atoms. The molecule has 2 fully saturated rings. The molecule has 2 aliphatic rings. The zero-order valence-electron chi connectivity index (χ0n) is 13.0. The highest BCUT2D eigenvalue weighted by Crippen LogP contribution is 2.47. The van der Waals surface area contributed by atoms with Crippen LogP contribution < -0.4 is 11.2 Å². The predicted octanol–water partition coefficient (Wildman–Crippen LogP) is 2.01. The minimum Gasteiger partial charge on any atom is -0.399 e. The van der Waals surface area contributed by atoms with Crippen LogP contribution >= 0.6 is 0 Å². The second kappa shape index (κ2) is 3.98. The van der Waals surface area contributed by atoms with E-state index < -0.39 is 0 Å². The fourth-order valence-corrected chi connectivity index (χ4v) is 2.55. The van der Waals surface area contributed by atoms with E-state index in [2.05, 4.69) is 39.6 Å². The summed E-state index contributed by atoms with van der Waals surface area (Å²) in [5, 5.41) is 0. The number of aromatic nitrogens is 1. The fraction of sp³-hybridized carbons (Fsp3) is 0.667. The molecule has 1 aliphatic carbocycles. The Kier molecular flexibility index (Phi) is 2.77. The zero-order valence-corrected chi connectivity index (χ0v) is 13.0. The summed E-state index contributed by atoms with van der Waals surface area (Å²) in [4.78, 5) is 4.56. The molecule has 20 heavy (non-hydrogen) atoms. The van der Waals surface area contributed by atoms with Gasteiger partial charge in [-0.3, -0.25) is 0 Å². The first kappa shape index (κ1) is 13.9. The summed E-state index contributed by atoms with van der Waals surface area (Å²) in [7, 11) is -0.361. The minimum atomic E-state index is -0.361. The van der Waals surface area contributed by atoms with Crippen molar-refractivity contribution < 1.29 is 9.31 Å². The lowest BCUT2D eigenvalue weighted by Gasteiger charge is -2.32. The molecule has 2 heterocycles. The van der Waals surface area contributed by atoms with Crippen LogP contribution in [0, 0.1) is 0 Å². The highest BCUT2D eigenvalue weighted by atomic mass is 16.7. The summed E-state index contributed by atoms with van der Waals surface area (Å²) in [6, 6.07) is 3.83. The summed E-state index contributed by atoms with van der Waals surface area (Å²) in [6.45, 7) is 10.5. The molecule has 0 atom stereocenters. The number of rotatable bonds is 2. The second-order valence-electron chi connectivity index (χ2n) is 7.32. The van der Waals surface area contributed by atoms with E-state index in [4.69, 9.17) is 15.0 Å². The SMILES string of the molecule is CC1(c2nc(N)ccc2B2OC(C)(C)C(C)(C)O2)CC1. The van der Waals surface area contributed by atoms with Crippen LogP contribution in [0.25, 0.3) is 0 Å². The molecule has 0 aromatic carbocycles. The van der Waals surface area contributed by atoms with Crippen LogP contribution in [-0.4, -0.2) is 23.3 Å². The third kappa shape index (κ3) is 2.04. The molecule has 1 aliphatic heterocycles. The maximum atomic E-state index is 6.15. The molecule has 2 N–H and O–H groups in total. The van der Waals surface area contributed by atoms with E-state index in [-0.39, 0.29) is 23.7 Å². The van der Waals surface area contributed by atoms with Crippen molar-refractivity contribution in [2.24, 2.45) is 0 Å². The lowest BCUT2D eigenvalue weighted by atomic mass is 9.75. The Bertz CT molecular complexity index is 537. The molecule has 1 aromatic rings. The Morgan fingerprint density at radius 2 is 1.60 bits per heavy atom. The number of nitrogen functional groups attached to an aromatic ring is 1. The molecule has 0 radical (unpaired) electrons. The van der Waals surface area contributed by atoms with Gasteiger partial charge in [0.1, 0.15) is 5.82 Å². The van der Waals surface area contributed by atoms with Gasteiger partial charge in [0, 0.05) is 16.6 Å². The van der Waals surface area contributed by atoms with Crippen LogP contribution in [0.1, 0.15) is 53.2 Å². The van der Waals surface area contributed by atoms with Crippen molar-refractivity contribution in [2.75, 3.05) is 5.73 Å². The topological polar surface area (TPSA) is 57.4 Å². The van der Waals surface area contributed by atoms with Gasteiger partial charge in [0.2, 0.25) is 0 Å². The smallest absolute Gasteiger partial charge is 0.399 e.